The average molecular weight is 409 g/mol. The molecule has 10 heteroatoms. The van der Waals surface area contributed by atoms with Crippen LogP contribution in [-0.4, -0.2) is 15.8 Å². The first-order chi connectivity index (χ1) is 14.4. The SMILES string of the molecule is O=C(C=Cc1cccc(Oc2cc([N+](=O)[O-])cc([N+](=O)[O-])c2)c1)NCc1ccco1. The fourth-order valence-corrected chi connectivity index (χ4v) is 2.47. The second-order valence-corrected chi connectivity index (χ2v) is 6.00. The third-order valence-corrected chi connectivity index (χ3v) is 3.84. The molecule has 0 fully saturated rings. The fraction of sp³-hybridized carbons (Fsp3) is 0.0500. The van der Waals surface area contributed by atoms with E-state index in [1.54, 1.807) is 42.5 Å². The normalized spacial score (nSPS) is 10.7. The van der Waals surface area contributed by atoms with Gasteiger partial charge in [0.2, 0.25) is 5.91 Å². The average Bonchev–Trinajstić information content (AvgIpc) is 3.24. The highest BCUT2D eigenvalue weighted by Crippen LogP contribution is 2.31. The number of hydrogen-bond acceptors (Lipinski definition) is 7. The molecule has 1 amide bonds. The molecule has 0 aliphatic rings. The summed E-state index contributed by atoms with van der Waals surface area (Å²) in [7, 11) is 0. The van der Waals surface area contributed by atoms with Crippen LogP contribution in [-0.2, 0) is 11.3 Å². The molecule has 0 bridgehead atoms. The fourth-order valence-electron chi connectivity index (χ4n) is 2.47. The summed E-state index contributed by atoms with van der Waals surface area (Å²) in [5.74, 6) is 0.543. The number of rotatable bonds is 8. The Bertz CT molecular complexity index is 1080. The van der Waals surface area contributed by atoms with Crippen LogP contribution in [0.3, 0.4) is 0 Å². The largest absolute Gasteiger partial charge is 0.467 e. The Morgan fingerprint density at radius 1 is 1.00 bits per heavy atom. The highest BCUT2D eigenvalue weighted by molar-refractivity contribution is 5.91. The summed E-state index contributed by atoms with van der Waals surface area (Å²) in [5.41, 5.74) is -0.285. The van der Waals surface area contributed by atoms with Crippen molar-refractivity contribution in [1.29, 1.82) is 0 Å². The van der Waals surface area contributed by atoms with Crippen molar-refractivity contribution < 1.29 is 23.8 Å². The number of ether oxygens (including phenoxy) is 1. The molecule has 3 aromatic rings. The van der Waals surface area contributed by atoms with Gasteiger partial charge < -0.3 is 14.5 Å². The molecule has 2 aromatic carbocycles. The molecular weight excluding hydrogens is 394 g/mol. The molecule has 152 valence electrons. The number of nitrogens with zero attached hydrogens (tertiary/aromatic N) is 2. The van der Waals surface area contributed by atoms with Gasteiger partial charge in [-0.25, -0.2) is 0 Å². The van der Waals surface area contributed by atoms with Crippen molar-refractivity contribution in [2.75, 3.05) is 0 Å². The summed E-state index contributed by atoms with van der Waals surface area (Å²) < 4.78 is 10.7. The maximum Gasteiger partial charge on any atom is 0.280 e. The topological polar surface area (TPSA) is 138 Å². The minimum absolute atomic E-state index is 0.0479. The summed E-state index contributed by atoms with van der Waals surface area (Å²) in [6.07, 6.45) is 4.40. The number of carbonyl (C=O) groups is 1. The van der Waals surface area contributed by atoms with Crippen molar-refractivity contribution in [3.63, 3.8) is 0 Å². The lowest BCUT2D eigenvalue weighted by atomic mass is 10.2. The lowest BCUT2D eigenvalue weighted by Gasteiger charge is -2.06. The van der Waals surface area contributed by atoms with E-state index < -0.39 is 21.2 Å². The van der Waals surface area contributed by atoms with Gasteiger partial charge >= 0.3 is 0 Å². The van der Waals surface area contributed by atoms with Crippen LogP contribution in [0.2, 0.25) is 0 Å². The van der Waals surface area contributed by atoms with Gasteiger partial charge in [0.15, 0.2) is 0 Å². The van der Waals surface area contributed by atoms with E-state index in [-0.39, 0.29) is 18.2 Å². The number of nitrogens with one attached hydrogen (secondary N) is 1. The number of furan rings is 1. The maximum atomic E-state index is 11.9. The number of non-ortho nitro benzene ring substituents is 2. The van der Waals surface area contributed by atoms with Gasteiger partial charge in [0.1, 0.15) is 17.3 Å². The quantitative estimate of drug-likeness (QED) is 0.334. The molecule has 0 saturated heterocycles. The second-order valence-electron chi connectivity index (χ2n) is 6.00. The van der Waals surface area contributed by atoms with Gasteiger partial charge in [-0.1, -0.05) is 12.1 Å². The Kier molecular flexibility index (Phi) is 6.18. The molecule has 1 heterocycles. The van der Waals surface area contributed by atoms with Crippen molar-refractivity contribution in [2.24, 2.45) is 0 Å². The zero-order valence-electron chi connectivity index (χ0n) is 15.4. The molecule has 0 aliphatic heterocycles. The molecule has 0 radical (unpaired) electrons. The number of carbonyl (C=O) groups excluding carboxylic acids is 1. The highest BCUT2D eigenvalue weighted by Gasteiger charge is 2.17. The van der Waals surface area contributed by atoms with Crippen LogP contribution in [0, 0.1) is 20.2 Å². The van der Waals surface area contributed by atoms with Gasteiger partial charge in [-0.2, -0.15) is 0 Å². The number of nitro groups is 2. The van der Waals surface area contributed by atoms with Crippen LogP contribution in [0.1, 0.15) is 11.3 Å². The van der Waals surface area contributed by atoms with E-state index in [1.807, 2.05) is 0 Å². The molecule has 30 heavy (non-hydrogen) atoms. The van der Waals surface area contributed by atoms with Crippen molar-refractivity contribution in [3.05, 3.63) is 98.5 Å². The van der Waals surface area contributed by atoms with E-state index in [4.69, 9.17) is 9.15 Å². The van der Waals surface area contributed by atoms with Gasteiger partial charge in [-0.3, -0.25) is 25.0 Å². The van der Waals surface area contributed by atoms with Gasteiger partial charge in [-0.15, -0.1) is 0 Å². The first kappa shape index (κ1) is 20.3. The molecule has 0 saturated carbocycles. The predicted molar refractivity (Wildman–Crippen MR) is 106 cm³/mol. The Balaban J connectivity index is 1.70. The predicted octanol–water partition coefficient (Wildman–Crippen LogP) is 4.22. The van der Waals surface area contributed by atoms with Crippen LogP contribution >= 0.6 is 0 Å². The standard InChI is InChI=1S/C20H15N3O7/c24-20(21-13-18-5-2-8-29-18)7-6-14-3-1-4-17(9-14)30-19-11-15(22(25)26)10-16(12-19)23(27)28/h1-12H,13H2,(H,21,24). The van der Waals surface area contributed by atoms with Crippen molar-refractivity contribution in [3.8, 4) is 11.5 Å². The summed E-state index contributed by atoms with van der Waals surface area (Å²) in [6.45, 7) is 0.255. The molecule has 1 N–H and O–H groups in total. The van der Waals surface area contributed by atoms with Gasteiger partial charge in [0.25, 0.3) is 11.4 Å². The van der Waals surface area contributed by atoms with Crippen molar-refractivity contribution >= 4 is 23.4 Å². The van der Waals surface area contributed by atoms with Crippen molar-refractivity contribution in [1.82, 2.24) is 5.32 Å². The van der Waals surface area contributed by atoms with Crippen LogP contribution in [0.4, 0.5) is 11.4 Å². The van der Waals surface area contributed by atoms with Crippen LogP contribution < -0.4 is 10.1 Å². The van der Waals surface area contributed by atoms with E-state index in [0.717, 1.165) is 18.2 Å². The summed E-state index contributed by atoms with van der Waals surface area (Å²) in [5, 5.41) is 24.6. The van der Waals surface area contributed by atoms with Crippen LogP contribution in [0.5, 0.6) is 11.5 Å². The van der Waals surface area contributed by atoms with Gasteiger partial charge in [0.05, 0.1) is 40.9 Å². The highest BCUT2D eigenvalue weighted by atomic mass is 16.6. The lowest BCUT2D eigenvalue weighted by molar-refractivity contribution is -0.394. The molecule has 0 aliphatic carbocycles. The third-order valence-electron chi connectivity index (χ3n) is 3.84. The van der Waals surface area contributed by atoms with E-state index >= 15 is 0 Å². The Hall–Kier alpha value is -4.47. The van der Waals surface area contributed by atoms with E-state index in [0.29, 0.717) is 17.1 Å². The van der Waals surface area contributed by atoms with Crippen LogP contribution in [0.15, 0.2) is 71.4 Å². The monoisotopic (exact) mass is 409 g/mol. The lowest BCUT2D eigenvalue weighted by Crippen LogP contribution is -2.19. The summed E-state index contributed by atoms with van der Waals surface area (Å²) in [4.78, 5) is 32.4. The summed E-state index contributed by atoms with van der Waals surface area (Å²) in [6, 6.07) is 13.0. The molecular formula is C20H15N3O7. The molecule has 10 nitrogen and oxygen atoms in total. The third kappa shape index (κ3) is 5.52. The van der Waals surface area contributed by atoms with Crippen molar-refractivity contribution in [2.45, 2.75) is 6.54 Å². The number of amides is 1. The molecule has 0 spiro atoms. The van der Waals surface area contributed by atoms with Gasteiger partial charge in [0, 0.05) is 6.08 Å². The minimum atomic E-state index is -0.736. The minimum Gasteiger partial charge on any atom is -0.467 e. The zero-order chi connectivity index (χ0) is 21.5. The van der Waals surface area contributed by atoms with E-state index in [9.17, 15) is 25.0 Å². The summed E-state index contributed by atoms with van der Waals surface area (Å²) >= 11 is 0. The second kappa shape index (κ2) is 9.15. The maximum absolute atomic E-state index is 11.9. The number of nitro benzene ring substituents is 2. The van der Waals surface area contributed by atoms with E-state index in [2.05, 4.69) is 5.32 Å². The molecule has 1 aromatic heterocycles. The molecule has 3 rings (SSSR count). The zero-order valence-corrected chi connectivity index (χ0v) is 15.4. The first-order valence-corrected chi connectivity index (χ1v) is 8.61. The van der Waals surface area contributed by atoms with E-state index in [1.165, 1.54) is 12.3 Å². The first-order valence-electron chi connectivity index (χ1n) is 8.61. The van der Waals surface area contributed by atoms with Gasteiger partial charge in [-0.05, 0) is 35.9 Å². The Morgan fingerprint density at radius 2 is 1.73 bits per heavy atom. The molecule has 0 unspecified atom stereocenters. The molecule has 0 atom stereocenters. The van der Waals surface area contributed by atoms with Crippen LogP contribution in [0.25, 0.3) is 6.08 Å². The Labute approximate surface area is 169 Å². The Morgan fingerprint density at radius 3 is 2.37 bits per heavy atom. The smallest absolute Gasteiger partial charge is 0.280 e. The number of benzene rings is 2. The number of hydrogen-bond donors (Lipinski definition) is 1.